The molecule has 4 heteroatoms. The zero-order valence-corrected chi connectivity index (χ0v) is 16.4. The van der Waals surface area contributed by atoms with E-state index in [-0.39, 0.29) is 23.0 Å². The second kappa shape index (κ2) is 8.30. The minimum absolute atomic E-state index is 0.111. The maximum atomic E-state index is 12.4. The van der Waals surface area contributed by atoms with Crippen molar-refractivity contribution >= 4 is 14.2 Å². The van der Waals surface area contributed by atoms with E-state index < -0.39 is 8.32 Å². The number of carbonyl (C=O) groups excluding carboxylic acids is 1. The number of rotatable bonds is 2. The van der Waals surface area contributed by atoms with E-state index in [1.54, 1.807) is 0 Å². The average molecular weight is 326 g/mol. The molecule has 0 aromatic heterocycles. The molecule has 0 bridgehead atoms. The fraction of sp³-hybridized carbons (Fsp3) is 0.833. The highest BCUT2D eigenvalue weighted by molar-refractivity contribution is 6.74. The number of hydrogen-bond acceptors (Lipinski definition) is 2. The first-order valence-corrected chi connectivity index (χ1v) is 11.7. The van der Waals surface area contributed by atoms with E-state index in [4.69, 9.17) is 4.43 Å². The van der Waals surface area contributed by atoms with Crippen LogP contribution in [0.1, 0.15) is 59.8 Å². The Balaban J connectivity index is 2.88. The molecule has 1 aliphatic rings. The Hall–Kier alpha value is -0.613. The lowest BCUT2D eigenvalue weighted by atomic mass is 10.0. The molecule has 1 aliphatic heterocycles. The van der Waals surface area contributed by atoms with Crippen LogP contribution in [-0.4, -0.2) is 26.9 Å². The molecule has 0 aliphatic carbocycles. The molecule has 0 saturated carbocycles. The van der Waals surface area contributed by atoms with Crippen LogP contribution in [0.4, 0.5) is 0 Å². The highest BCUT2D eigenvalue weighted by Crippen LogP contribution is 2.38. The highest BCUT2D eigenvalue weighted by atomic mass is 28.4. The van der Waals surface area contributed by atoms with Gasteiger partial charge in [0.15, 0.2) is 8.32 Å². The summed E-state index contributed by atoms with van der Waals surface area (Å²) in [6.07, 6.45) is 10.1. The van der Waals surface area contributed by atoms with E-state index >= 15 is 0 Å². The molecule has 2 atom stereocenters. The third kappa shape index (κ3) is 5.88. The summed E-state index contributed by atoms with van der Waals surface area (Å²) in [5.74, 6) is -0.0151. The number of carbonyl (C=O) groups is 1. The van der Waals surface area contributed by atoms with Crippen molar-refractivity contribution in [2.45, 2.75) is 84.0 Å². The first-order chi connectivity index (χ1) is 10.1. The molecule has 0 unspecified atom stereocenters. The lowest BCUT2D eigenvalue weighted by Crippen LogP contribution is -2.47. The van der Waals surface area contributed by atoms with Gasteiger partial charge in [-0.1, -0.05) is 52.7 Å². The van der Waals surface area contributed by atoms with Gasteiger partial charge in [-0.15, -0.1) is 0 Å². The van der Waals surface area contributed by atoms with Crippen LogP contribution in [0, 0.1) is 5.92 Å². The van der Waals surface area contributed by atoms with Crippen molar-refractivity contribution in [3.63, 3.8) is 0 Å². The van der Waals surface area contributed by atoms with Crippen LogP contribution in [-0.2, 0) is 9.22 Å². The molecule has 1 heterocycles. The monoisotopic (exact) mass is 325 g/mol. The smallest absolute Gasteiger partial charge is 0.225 e. The summed E-state index contributed by atoms with van der Waals surface area (Å²) in [5.41, 5.74) is 0. The van der Waals surface area contributed by atoms with Crippen LogP contribution >= 0.6 is 0 Å². The SMILES string of the molecule is C[C@@H]1C(=O)NCCCCCC/C=C/[C@@H]1O[Si](C)(C)C(C)(C)C. The Morgan fingerprint density at radius 3 is 2.45 bits per heavy atom. The van der Waals surface area contributed by atoms with E-state index in [9.17, 15) is 4.79 Å². The Morgan fingerprint density at radius 2 is 1.82 bits per heavy atom. The van der Waals surface area contributed by atoms with Gasteiger partial charge in [0.05, 0.1) is 12.0 Å². The summed E-state index contributed by atoms with van der Waals surface area (Å²) in [7, 11) is -1.89. The highest BCUT2D eigenvalue weighted by Gasteiger charge is 2.40. The summed E-state index contributed by atoms with van der Waals surface area (Å²) in [6, 6.07) is 0. The van der Waals surface area contributed by atoms with Crippen molar-refractivity contribution in [2.24, 2.45) is 5.92 Å². The third-order valence-electron chi connectivity index (χ3n) is 5.07. The molecule has 0 spiro atoms. The van der Waals surface area contributed by atoms with Gasteiger partial charge in [-0.2, -0.15) is 0 Å². The molecular weight excluding hydrogens is 290 g/mol. The van der Waals surface area contributed by atoms with Crippen LogP contribution in [0.25, 0.3) is 0 Å². The average Bonchev–Trinajstić information content (AvgIpc) is 2.40. The van der Waals surface area contributed by atoms with Gasteiger partial charge in [0.1, 0.15) is 0 Å². The Labute approximate surface area is 138 Å². The van der Waals surface area contributed by atoms with E-state index in [0.717, 1.165) is 19.4 Å². The Morgan fingerprint density at radius 1 is 1.18 bits per heavy atom. The topological polar surface area (TPSA) is 38.3 Å². The minimum atomic E-state index is -1.89. The maximum Gasteiger partial charge on any atom is 0.225 e. The van der Waals surface area contributed by atoms with Crippen molar-refractivity contribution in [3.8, 4) is 0 Å². The summed E-state index contributed by atoms with van der Waals surface area (Å²) in [4.78, 5) is 12.4. The fourth-order valence-corrected chi connectivity index (χ4v) is 3.63. The summed E-state index contributed by atoms with van der Waals surface area (Å²) in [6.45, 7) is 14.0. The molecule has 128 valence electrons. The van der Waals surface area contributed by atoms with Gasteiger partial charge in [-0.3, -0.25) is 4.79 Å². The van der Waals surface area contributed by atoms with Gasteiger partial charge in [0.2, 0.25) is 5.91 Å². The van der Waals surface area contributed by atoms with Crippen LogP contribution < -0.4 is 5.32 Å². The minimum Gasteiger partial charge on any atom is -0.410 e. The van der Waals surface area contributed by atoms with Gasteiger partial charge < -0.3 is 9.74 Å². The summed E-state index contributed by atoms with van der Waals surface area (Å²) < 4.78 is 6.52. The van der Waals surface area contributed by atoms with Crippen molar-refractivity contribution in [3.05, 3.63) is 12.2 Å². The van der Waals surface area contributed by atoms with Crippen LogP contribution in [0.15, 0.2) is 12.2 Å². The van der Waals surface area contributed by atoms with Crippen LogP contribution in [0.3, 0.4) is 0 Å². The fourth-order valence-electron chi connectivity index (χ4n) is 2.32. The van der Waals surface area contributed by atoms with Gasteiger partial charge in [0.25, 0.3) is 0 Å². The quantitative estimate of drug-likeness (QED) is 0.593. The van der Waals surface area contributed by atoms with Gasteiger partial charge in [-0.25, -0.2) is 0 Å². The molecule has 0 fully saturated rings. The van der Waals surface area contributed by atoms with Crippen molar-refractivity contribution in [2.75, 3.05) is 6.54 Å². The number of hydrogen-bond donors (Lipinski definition) is 1. The molecule has 0 saturated heterocycles. The zero-order valence-electron chi connectivity index (χ0n) is 15.4. The molecule has 0 aromatic carbocycles. The first-order valence-electron chi connectivity index (χ1n) is 8.77. The van der Waals surface area contributed by atoms with E-state index in [2.05, 4.69) is 51.3 Å². The van der Waals surface area contributed by atoms with E-state index in [1.165, 1.54) is 19.3 Å². The first kappa shape index (κ1) is 19.4. The summed E-state index contributed by atoms with van der Waals surface area (Å²) in [5, 5.41) is 3.22. The largest absolute Gasteiger partial charge is 0.410 e. The predicted octanol–water partition coefficient (Wildman–Crippen LogP) is 4.65. The van der Waals surface area contributed by atoms with Crippen molar-refractivity contribution in [1.82, 2.24) is 5.32 Å². The van der Waals surface area contributed by atoms with Gasteiger partial charge in [-0.05, 0) is 37.4 Å². The molecule has 1 N–H and O–H groups in total. The predicted molar refractivity (Wildman–Crippen MR) is 96.5 cm³/mol. The van der Waals surface area contributed by atoms with Crippen molar-refractivity contribution < 1.29 is 9.22 Å². The molecule has 1 rings (SSSR count). The second-order valence-corrected chi connectivity index (χ2v) is 12.8. The molecule has 1 amide bonds. The molecule has 0 radical (unpaired) electrons. The maximum absolute atomic E-state index is 12.4. The Bertz CT molecular complexity index is 385. The number of allylic oxidation sites excluding steroid dienone is 1. The molecule has 3 nitrogen and oxygen atoms in total. The standard InChI is InChI=1S/C18H35NO2Si/c1-15-16(21-22(5,6)18(2,3)4)13-11-9-7-8-10-12-14-19-17(15)20/h11,13,15-16H,7-10,12,14H2,1-6H3,(H,19,20)/b13-11+/t15-,16-/m0/s1. The van der Waals surface area contributed by atoms with Crippen molar-refractivity contribution in [1.29, 1.82) is 0 Å². The van der Waals surface area contributed by atoms with E-state index in [0.29, 0.717) is 0 Å². The lowest BCUT2D eigenvalue weighted by molar-refractivity contribution is -0.126. The Kier molecular flexibility index (Phi) is 7.33. The zero-order chi connectivity index (χ0) is 16.8. The lowest BCUT2D eigenvalue weighted by Gasteiger charge is -2.40. The van der Waals surface area contributed by atoms with Crippen LogP contribution in [0.2, 0.25) is 18.1 Å². The molecule has 22 heavy (non-hydrogen) atoms. The number of amides is 1. The normalized spacial score (nSPS) is 27.5. The van der Waals surface area contributed by atoms with Gasteiger partial charge in [0, 0.05) is 6.54 Å². The molecule has 0 aromatic rings. The van der Waals surface area contributed by atoms with Gasteiger partial charge >= 0.3 is 0 Å². The number of nitrogens with one attached hydrogen (secondary N) is 1. The van der Waals surface area contributed by atoms with E-state index in [1.807, 2.05) is 6.92 Å². The molecular formula is C18H35NO2Si. The van der Waals surface area contributed by atoms with Crippen LogP contribution in [0.5, 0.6) is 0 Å². The summed E-state index contributed by atoms with van der Waals surface area (Å²) >= 11 is 0. The third-order valence-corrected chi connectivity index (χ3v) is 9.54. The second-order valence-electron chi connectivity index (χ2n) is 8.05.